The average Bonchev–Trinajstić information content (AvgIpc) is 2.39. The van der Waals surface area contributed by atoms with Gasteiger partial charge in [-0.05, 0) is 38.3 Å². The normalized spacial score (nSPS) is 23.7. The molecule has 1 aromatic rings. The van der Waals surface area contributed by atoms with Gasteiger partial charge in [-0.2, -0.15) is 0 Å². The first kappa shape index (κ1) is 13.1. The molecule has 0 N–H and O–H groups in total. The average molecular weight is 248 g/mol. The van der Waals surface area contributed by atoms with Crippen molar-refractivity contribution in [1.29, 1.82) is 0 Å². The molecule has 1 aliphatic rings. The molecule has 2 rings (SSSR count). The molecule has 2 unspecified atom stereocenters. The second-order valence-corrected chi connectivity index (χ2v) is 4.82. The highest BCUT2D eigenvalue weighted by molar-refractivity contribution is 5.96. The maximum atomic E-state index is 11.5. The maximum Gasteiger partial charge on any atom is 0.163 e. The van der Waals surface area contributed by atoms with Gasteiger partial charge in [-0.1, -0.05) is 12.1 Å². The van der Waals surface area contributed by atoms with Gasteiger partial charge in [0, 0.05) is 13.5 Å². The molecule has 1 aromatic carbocycles. The van der Waals surface area contributed by atoms with Crippen LogP contribution in [0.25, 0.3) is 0 Å². The molecular formula is C15H20O3. The molecule has 0 heterocycles. The van der Waals surface area contributed by atoms with Crippen molar-refractivity contribution in [3.63, 3.8) is 0 Å². The molecule has 1 saturated carbocycles. The van der Waals surface area contributed by atoms with E-state index in [1.165, 1.54) is 0 Å². The van der Waals surface area contributed by atoms with E-state index >= 15 is 0 Å². The van der Waals surface area contributed by atoms with Crippen molar-refractivity contribution in [2.75, 3.05) is 7.11 Å². The lowest BCUT2D eigenvalue weighted by atomic mass is 9.95. The number of para-hydroxylation sites is 1. The molecule has 3 nitrogen and oxygen atoms in total. The standard InChI is InChI=1S/C15H20O3/c1-11(16)14-8-3-4-9-15(14)18-13-7-5-6-12(10-13)17-2/h3-4,8-9,12-13H,5-7,10H2,1-2H3. The summed E-state index contributed by atoms with van der Waals surface area (Å²) < 4.78 is 11.4. The van der Waals surface area contributed by atoms with Gasteiger partial charge in [0.1, 0.15) is 11.9 Å². The summed E-state index contributed by atoms with van der Waals surface area (Å²) in [6.07, 6.45) is 4.60. The topological polar surface area (TPSA) is 35.5 Å². The van der Waals surface area contributed by atoms with E-state index < -0.39 is 0 Å². The predicted molar refractivity (Wildman–Crippen MR) is 70.1 cm³/mol. The highest BCUT2D eigenvalue weighted by Crippen LogP contribution is 2.27. The molecule has 2 atom stereocenters. The van der Waals surface area contributed by atoms with Gasteiger partial charge in [0.2, 0.25) is 0 Å². The minimum Gasteiger partial charge on any atom is -0.490 e. The van der Waals surface area contributed by atoms with Crippen LogP contribution in [0, 0.1) is 0 Å². The first-order valence-corrected chi connectivity index (χ1v) is 6.50. The van der Waals surface area contributed by atoms with Crippen molar-refractivity contribution < 1.29 is 14.3 Å². The van der Waals surface area contributed by atoms with E-state index in [9.17, 15) is 4.79 Å². The van der Waals surface area contributed by atoms with E-state index in [1.54, 1.807) is 14.0 Å². The van der Waals surface area contributed by atoms with Crippen LogP contribution in [0.1, 0.15) is 43.0 Å². The Labute approximate surface area is 108 Å². The lowest BCUT2D eigenvalue weighted by molar-refractivity contribution is 0.0207. The Morgan fingerprint density at radius 1 is 1.22 bits per heavy atom. The number of rotatable bonds is 4. The highest BCUT2D eigenvalue weighted by Gasteiger charge is 2.24. The van der Waals surface area contributed by atoms with E-state index in [1.807, 2.05) is 24.3 Å². The maximum absolute atomic E-state index is 11.5. The number of hydrogen-bond donors (Lipinski definition) is 0. The SMILES string of the molecule is COC1CCCC(Oc2ccccc2C(C)=O)C1. The summed E-state index contributed by atoms with van der Waals surface area (Å²) >= 11 is 0. The number of Topliss-reactive ketones (excluding diaryl/α,β-unsaturated/α-hetero) is 1. The molecule has 18 heavy (non-hydrogen) atoms. The van der Waals surface area contributed by atoms with E-state index in [2.05, 4.69) is 0 Å². The Morgan fingerprint density at radius 3 is 2.67 bits per heavy atom. The second-order valence-electron chi connectivity index (χ2n) is 4.82. The first-order chi connectivity index (χ1) is 8.70. The summed E-state index contributed by atoms with van der Waals surface area (Å²) in [4.78, 5) is 11.5. The molecule has 0 radical (unpaired) electrons. The van der Waals surface area contributed by atoms with Crippen LogP contribution in [0.3, 0.4) is 0 Å². The predicted octanol–water partition coefficient (Wildman–Crippen LogP) is 3.23. The van der Waals surface area contributed by atoms with Crippen molar-refractivity contribution in [1.82, 2.24) is 0 Å². The molecule has 1 aliphatic carbocycles. The molecule has 0 aliphatic heterocycles. The number of carbonyl (C=O) groups excluding carboxylic acids is 1. The summed E-state index contributed by atoms with van der Waals surface area (Å²) in [6.45, 7) is 1.57. The van der Waals surface area contributed by atoms with Gasteiger partial charge in [-0.25, -0.2) is 0 Å². The highest BCUT2D eigenvalue weighted by atomic mass is 16.5. The third-order valence-electron chi connectivity index (χ3n) is 3.47. The zero-order valence-corrected chi connectivity index (χ0v) is 11.0. The fourth-order valence-corrected chi connectivity index (χ4v) is 2.46. The molecule has 3 heteroatoms. The van der Waals surface area contributed by atoms with Gasteiger partial charge in [0.25, 0.3) is 0 Å². The zero-order chi connectivity index (χ0) is 13.0. The fourth-order valence-electron chi connectivity index (χ4n) is 2.46. The quantitative estimate of drug-likeness (QED) is 0.767. The van der Waals surface area contributed by atoms with Crippen molar-refractivity contribution in [3.8, 4) is 5.75 Å². The molecule has 0 saturated heterocycles. The van der Waals surface area contributed by atoms with Gasteiger partial charge in [0.15, 0.2) is 5.78 Å². The fraction of sp³-hybridized carbons (Fsp3) is 0.533. The molecule has 0 bridgehead atoms. The van der Waals surface area contributed by atoms with Crippen LogP contribution < -0.4 is 4.74 Å². The van der Waals surface area contributed by atoms with Crippen LogP contribution in [0.2, 0.25) is 0 Å². The van der Waals surface area contributed by atoms with Crippen molar-refractivity contribution >= 4 is 5.78 Å². The lowest BCUT2D eigenvalue weighted by Crippen LogP contribution is -2.29. The monoisotopic (exact) mass is 248 g/mol. The van der Waals surface area contributed by atoms with Gasteiger partial charge >= 0.3 is 0 Å². The third kappa shape index (κ3) is 3.10. The van der Waals surface area contributed by atoms with Crippen LogP contribution in [0.15, 0.2) is 24.3 Å². The Kier molecular flexibility index (Phi) is 4.37. The van der Waals surface area contributed by atoms with E-state index in [0.717, 1.165) is 25.7 Å². The first-order valence-electron chi connectivity index (χ1n) is 6.50. The summed E-state index contributed by atoms with van der Waals surface area (Å²) in [5, 5.41) is 0. The zero-order valence-electron chi connectivity index (χ0n) is 11.0. The van der Waals surface area contributed by atoms with Gasteiger partial charge in [0.05, 0.1) is 11.7 Å². The summed E-state index contributed by atoms with van der Waals surface area (Å²) in [7, 11) is 1.75. The van der Waals surface area contributed by atoms with E-state index in [4.69, 9.17) is 9.47 Å². The third-order valence-corrected chi connectivity index (χ3v) is 3.47. The van der Waals surface area contributed by atoms with Crippen molar-refractivity contribution in [3.05, 3.63) is 29.8 Å². The van der Waals surface area contributed by atoms with Crippen molar-refractivity contribution in [2.24, 2.45) is 0 Å². The van der Waals surface area contributed by atoms with Crippen molar-refractivity contribution in [2.45, 2.75) is 44.8 Å². The number of methoxy groups -OCH3 is 1. The lowest BCUT2D eigenvalue weighted by Gasteiger charge is -2.29. The van der Waals surface area contributed by atoms with Gasteiger partial charge < -0.3 is 9.47 Å². The summed E-state index contributed by atoms with van der Waals surface area (Å²) in [5.74, 6) is 0.747. The molecule has 0 spiro atoms. The molecular weight excluding hydrogens is 228 g/mol. The Bertz CT molecular complexity index is 414. The summed E-state index contributed by atoms with van der Waals surface area (Å²) in [5.41, 5.74) is 0.664. The molecule has 0 amide bonds. The van der Waals surface area contributed by atoms with E-state index in [0.29, 0.717) is 11.3 Å². The van der Waals surface area contributed by atoms with Crippen LogP contribution in [0.4, 0.5) is 0 Å². The Balaban J connectivity index is 2.07. The largest absolute Gasteiger partial charge is 0.490 e. The minimum atomic E-state index is 0.0460. The summed E-state index contributed by atoms with van der Waals surface area (Å²) in [6, 6.07) is 7.45. The molecule has 1 fully saturated rings. The number of hydrogen-bond acceptors (Lipinski definition) is 3. The van der Waals surface area contributed by atoms with Crippen LogP contribution in [-0.4, -0.2) is 25.1 Å². The smallest absolute Gasteiger partial charge is 0.163 e. The van der Waals surface area contributed by atoms with E-state index in [-0.39, 0.29) is 18.0 Å². The Hall–Kier alpha value is -1.35. The number of carbonyl (C=O) groups is 1. The van der Waals surface area contributed by atoms with Gasteiger partial charge in [-0.3, -0.25) is 4.79 Å². The Morgan fingerprint density at radius 2 is 1.94 bits per heavy atom. The second kappa shape index (κ2) is 6.01. The van der Waals surface area contributed by atoms with Crippen LogP contribution in [-0.2, 0) is 4.74 Å². The number of ketones is 1. The number of ether oxygens (including phenoxy) is 2. The van der Waals surface area contributed by atoms with Crippen LogP contribution in [0.5, 0.6) is 5.75 Å². The van der Waals surface area contributed by atoms with Gasteiger partial charge in [-0.15, -0.1) is 0 Å². The molecule has 0 aromatic heterocycles. The molecule has 98 valence electrons. The number of benzene rings is 1. The van der Waals surface area contributed by atoms with Crippen LogP contribution >= 0.6 is 0 Å². The minimum absolute atomic E-state index is 0.0460.